The molecule has 0 saturated carbocycles. The van der Waals surface area contributed by atoms with Crippen molar-refractivity contribution in [2.45, 2.75) is 34.1 Å². The number of hydrogen-bond acceptors (Lipinski definition) is 1. The number of rotatable bonds is 1. The van der Waals surface area contributed by atoms with Gasteiger partial charge >= 0.3 is 0 Å². The fourth-order valence-electron chi connectivity index (χ4n) is 2.44. The Hall–Kier alpha value is -0.530. The highest BCUT2D eigenvalue weighted by Crippen LogP contribution is 2.29. The molecule has 1 aliphatic rings. The molecule has 0 aliphatic carbocycles. The van der Waals surface area contributed by atoms with Crippen molar-refractivity contribution >= 4 is 5.91 Å². The van der Waals surface area contributed by atoms with Gasteiger partial charge in [-0.2, -0.15) is 0 Å². The summed E-state index contributed by atoms with van der Waals surface area (Å²) in [5.41, 5.74) is 0. The summed E-state index contributed by atoms with van der Waals surface area (Å²) in [7, 11) is 0. The molecule has 13 heavy (non-hydrogen) atoms. The van der Waals surface area contributed by atoms with Crippen molar-refractivity contribution in [2.24, 2.45) is 17.8 Å². The smallest absolute Gasteiger partial charge is 0.219 e. The second-order valence-corrected chi connectivity index (χ2v) is 4.64. The number of nitrogens with zero attached hydrogens (tertiary/aromatic N) is 1. The van der Waals surface area contributed by atoms with Gasteiger partial charge in [-0.3, -0.25) is 4.79 Å². The molecule has 1 aliphatic heterocycles. The van der Waals surface area contributed by atoms with Crippen LogP contribution < -0.4 is 0 Å². The summed E-state index contributed by atoms with van der Waals surface area (Å²) >= 11 is 0. The highest BCUT2D eigenvalue weighted by Gasteiger charge is 2.28. The molecule has 1 rings (SSSR count). The highest BCUT2D eigenvalue weighted by molar-refractivity contribution is 5.73. The van der Waals surface area contributed by atoms with Crippen LogP contribution in [0.4, 0.5) is 0 Å². The molecule has 2 nitrogen and oxygen atoms in total. The molecule has 1 fully saturated rings. The van der Waals surface area contributed by atoms with Crippen molar-refractivity contribution in [3.63, 3.8) is 0 Å². The van der Waals surface area contributed by atoms with Crippen LogP contribution in [0.15, 0.2) is 0 Å². The Morgan fingerprint density at radius 1 is 1.46 bits per heavy atom. The zero-order valence-corrected chi connectivity index (χ0v) is 9.21. The maximum atomic E-state index is 11.1. The van der Waals surface area contributed by atoms with Crippen molar-refractivity contribution < 1.29 is 4.79 Å². The molecule has 1 saturated heterocycles. The molecule has 0 N–H and O–H groups in total. The Morgan fingerprint density at radius 3 is 2.46 bits per heavy atom. The van der Waals surface area contributed by atoms with Gasteiger partial charge in [-0.1, -0.05) is 20.8 Å². The van der Waals surface area contributed by atoms with Crippen LogP contribution in [0.25, 0.3) is 0 Å². The molecule has 0 radical (unpaired) electrons. The highest BCUT2D eigenvalue weighted by atomic mass is 16.2. The van der Waals surface area contributed by atoms with Crippen molar-refractivity contribution in [1.82, 2.24) is 4.90 Å². The first-order chi connectivity index (χ1) is 6.02. The Morgan fingerprint density at radius 2 is 2.08 bits per heavy atom. The summed E-state index contributed by atoms with van der Waals surface area (Å²) in [5.74, 6) is 2.45. The minimum absolute atomic E-state index is 0.231. The number of likely N-dealkylation sites (tertiary alicyclic amines) is 1. The van der Waals surface area contributed by atoms with Crippen LogP contribution in [0, 0.1) is 17.8 Å². The molecule has 1 amide bonds. The first-order valence-electron chi connectivity index (χ1n) is 5.28. The lowest BCUT2D eigenvalue weighted by Crippen LogP contribution is -2.43. The normalized spacial score (nSPS) is 29.5. The van der Waals surface area contributed by atoms with Crippen molar-refractivity contribution in [1.29, 1.82) is 0 Å². The second kappa shape index (κ2) is 4.12. The van der Waals surface area contributed by atoms with Crippen LogP contribution in [-0.4, -0.2) is 23.9 Å². The van der Waals surface area contributed by atoms with E-state index in [0.29, 0.717) is 5.92 Å². The maximum Gasteiger partial charge on any atom is 0.219 e. The Bertz CT molecular complexity index is 189. The molecular weight excluding hydrogens is 162 g/mol. The van der Waals surface area contributed by atoms with Crippen molar-refractivity contribution in [2.75, 3.05) is 13.1 Å². The van der Waals surface area contributed by atoms with Gasteiger partial charge in [-0.05, 0) is 24.2 Å². The predicted molar refractivity (Wildman–Crippen MR) is 54.4 cm³/mol. The molecule has 76 valence electrons. The summed E-state index contributed by atoms with van der Waals surface area (Å²) < 4.78 is 0. The molecule has 0 spiro atoms. The second-order valence-electron chi connectivity index (χ2n) is 4.64. The minimum Gasteiger partial charge on any atom is -0.343 e. The van der Waals surface area contributed by atoms with Gasteiger partial charge in [0.15, 0.2) is 0 Å². The van der Waals surface area contributed by atoms with E-state index in [1.54, 1.807) is 6.92 Å². The molecule has 2 heteroatoms. The zero-order valence-electron chi connectivity index (χ0n) is 9.21. The van der Waals surface area contributed by atoms with E-state index in [4.69, 9.17) is 0 Å². The Balaban J connectivity index is 2.51. The van der Waals surface area contributed by atoms with E-state index >= 15 is 0 Å². The zero-order chi connectivity index (χ0) is 10.0. The number of carbonyl (C=O) groups excluding carboxylic acids is 1. The Labute approximate surface area is 81.3 Å². The van der Waals surface area contributed by atoms with Crippen LogP contribution in [0.3, 0.4) is 0 Å². The number of piperidine rings is 1. The van der Waals surface area contributed by atoms with Crippen LogP contribution in [-0.2, 0) is 4.79 Å². The van der Waals surface area contributed by atoms with Gasteiger partial charge in [0.05, 0.1) is 0 Å². The number of carbonyl (C=O) groups is 1. The maximum absolute atomic E-state index is 11.1. The van der Waals surface area contributed by atoms with Crippen LogP contribution in [0.5, 0.6) is 0 Å². The van der Waals surface area contributed by atoms with Gasteiger partial charge in [-0.15, -0.1) is 0 Å². The largest absolute Gasteiger partial charge is 0.343 e. The van der Waals surface area contributed by atoms with Gasteiger partial charge in [0, 0.05) is 20.0 Å². The van der Waals surface area contributed by atoms with E-state index in [9.17, 15) is 4.79 Å². The Kier molecular flexibility index (Phi) is 3.34. The quantitative estimate of drug-likeness (QED) is 0.610. The lowest BCUT2D eigenvalue weighted by molar-refractivity contribution is -0.131. The minimum atomic E-state index is 0.231. The van der Waals surface area contributed by atoms with Crippen LogP contribution in [0.1, 0.15) is 34.1 Å². The number of amides is 1. The van der Waals surface area contributed by atoms with E-state index in [2.05, 4.69) is 20.8 Å². The molecule has 2 atom stereocenters. The molecular formula is C11H21NO. The average molecular weight is 183 g/mol. The molecule has 0 aromatic carbocycles. The summed E-state index contributed by atoms with van der Waals surface area (Å²) in [4.78, 5) is 13.1. The first-order valence-corrected chi connectivity index (χ1v) is 5.28. The van der Waals surface area contributed by atoms with Gasteiger partial charge in [-0.25, -0.2) is 0 Å². The summed E-state index contributed by atoms with van der Waals surface area (Å²) in [6.45, 7) is 10.4. The lowest BCUT2D eigenvalue weighted by atomic mass is 9.79. The summed E-state index contributed by atoms with van der Waals surface area (Å²) in [6, 6.07) is 0. The van der Waals surface area contributed by atoms with E-state index in [1.165, 1.54) is 6.42 Å². The molecule has 0 aromatic heterocycles. The fourth-order valence-corrected chi connectivity index (χ4v) is 2.44. The van der Waals surface area contributed by atoms with E-state index in [1.807, 2.05) is 4.90 Å². The monoisotopic (exact) mass is 183 g/mol. The van der Waals surface area contributed by atoms with E-state index in [-0.39, 0.29) is 5.91 Å². The van der Waals surface area contributed by atoms with E-state index < -0.39 is 0 Å². The lowest BCUT2D eigenvalue weighted by Gasteiger charge is -2.38. The molecule has 1 heterocycles. The molecule has 0 bridgehead atoms. The summed E-state index contributed by atoms with van der Waals surface area (Å²) in [6.07, 6.45) is 1.18. The summed E-state index contributed by atoms with van der Waals surface area (Å²) in [5, 5.41) is 0. The van der Waals surface area contributed by atoms with Crippen molar-refractivity contribution in [3.8, 4) is 0 Å². The third-order valence-corrected chi connectivity index (χ3v) is 3.27. The third-order valence-electron chi connectivity index (χ3n) is 3.27. The van der Waals surface area contributed by atoms with Crippen molar-refractivity contribution in [3.05, 3.63) is 0 Å². The fraction of sp³-hybridized carbons (Fsp3) is 0.909. The molecule has 0 aromatic rings. The topological polar surface area (TPSA) is 20.3 Å². The van der Waals surface area contributed by atoms with Gasteiger partial charge in [0.1, 0.15) is 0 Å². The van der Waals surface area contributed by atoms with Crippen LogP contribution >= 0.6 is 0 Å². The van der Waals surface area contributed by atoms with Gasteiger partial charge in [0.2, 0.25) is 5.91 Å². The van der Waals surface area contributed by atoms with Crippen LogP contribution in [0.2, 0.25) is 0 Å². The van der Waals surface area contributed by atoms with E-state index in [0.717, 1.165) is 24.9 Å². The standard InChI is InChI=1S/C11H21NO/c1-8(2)11-5-6-12(10(4)13)7-9(11)3/h8-9,11H,5-7H2,1-4H3. The van der Waals surface area contributed by atoms with Gasteiger partial charge < -0.3 is 4.90 Å². The third kappa shape index (κ3) is 2.45. The van der Waals surface area contributed by atoms with Gasteiger partial charge in [0.25, 0.3) is 0 Å². The SMILES string of the molecule is CC(=O)N1CCC(C(C)C)C(C)C1. The first kappa shape index (κ1) is 10.6. The average Bonchev–Trinajstić information content (AvgIpc) is 2.03. The number of hydrogen-bond donors (Lipinski definition) is 0. The molecule has 2 unspecified atom stereocenters. The predicted octanol–water partition coefficient (Wildman–Crippen LogP) is 2.15.